The van der Waals surface area contributed by atoms with Crippen molar-refractivity contribution in [2.45, 2.75) is 27.2 Å². The highest BCUT2D eigenvalue weighted by molar-refractivity contribution is 5.89. The van der Waals surface area contributed by atoms with Gasteiger partial charge in [0.15, 0.2) is 0 Å². The Hall–Kier alpha value is -2.02. The van der Waals surface area contributed by atoms with Gasteiger partial charge in [-0.05, 0) is 36.0 Å². The maximum absolute atomic E-state index is 11.0. The Morgan fingerprint density at radius 3 is 2.65 bits per heavy atom. The Morgan fingerprint density at radius 1 is 1.45 bits per heavy atom. The number of carboxylic acid groups (broad SMARTS) is 1. The Labute approximate surface area is 119 Å². The lowest BCUT2D eigenvalue weighted by molar-refractivity contribution is 0.0697. The van der Waals surface area contributed by atoms with Crippen molar-refractivity contribution in [2.75, 3.05) is 18.0 Å². The third-order valence-electron chi connectivity index (χ3n) is 4.12. The summed E-state index contributed by atoms with van der Waals surface area (Å²) < 4.78 is 0. The molecule has 1 N–H and O–H groups in total. The monoisotopic (exact) mass is 272 g/mol. The first kappa shape index (κ1) is 14.4. The van der Waals surface area contributed by atoms with E-state index in [9.17, 15) is 10.1 Å². The fourth-order valence-corrected chi connectivity index (χ4v) is 2.72. The largest absolute Gasteiger partial charge is 0.478 e. The number of anilines is 1. The van der Waals surface area contributed by atoms with Gasteiger partial charge >= 0.3 is 5.97 Å². The first-order chi connectivity index (χ1) is 9.32. The molecular weight excluding hydrogens is 252 g/mol. The highest BCUT2D eigenvalue weighted by Crippen LogP contribution is 2.36. The van der Waals surface area contributed by atoms with Gasteiger partial charge in [-0.1, -0.05) is 20.8 Å². The standard InChI is InChI=1S/C16H20N2O2/c1-16(2,3)13-6-7-18(10-13)14-5-4-11(15(19)20)8-12(14)9-17/h4-5,8,13H,6-7,10H2,1-3H3,(H,19,20). The lowest BCUT2D eigenvalue weighted by Crippen LogP contribution is -2.26. The number of carbonyl (C=O) groups is 1. The Bertz CT molecular complexity index is 567. The van der Waals surface area contributed by atoms with Gasteiger partial charge in [0.25, 0.3) is 0 Å². The van der Waals surface area contributed by atoms with Crippen LogP contribution in [0.4, 0.5) is 5.69 Å². The molecule has 0 radical (unpaired) electrons. The number of aromatic carboxylic acids is 1. The van der Waals surface area contributed by atoms with Crippen molar-refractivity contribution in [3.8, 4) is 6.07 Å². The Balaban J connectivity index is 2.27. The van der Waals surface area contributed by atoms with Crippen molar-refractivity contribution in [3.63, 3.8) is 0 Å². The second kappa shape index (κ2) is 5.16. The maximum atomic E-state index is 11.0. The second-order valence-electron chi connectivity index (χ2n) is 6.45. The molecule has 1 heterocycles. The van der Waals surface area contributed by atoms with E-state index >= 15 is 0 Å². The highest BCUT2D eigenvalue weighted by Gasteiger charge is 2.32. The number of rotatable bonds is 2. The van der Waals surface area contributed by atoms with Crippen LogP contribution in [-0.2, 0) is 0 Å². The van der Waals surface area contributed by atoms with E-state index in [2.05, 4.69) is 31.7 Å². The van der Waals surface area contributed by atoms with E-state index < -0.39 is 5.97 Å². The molecule has 4 heteroatoms. The fraction of sp³-hybridized carbons (Fsp3) is 0.500. The Morgan fingerprint density at radius 2 is 2.15 bits per heavy atom. The summed E-state index contributed by atoms with van der Waals surface area (Å²) in [7, 11) is 0. The van der Waals surface area contributed by atoms with Gasteiger partial charge in [0.05, 0.1) is 16.8 Å². The van der Waals surface area contributed by atoms with Crippen LogP contribution in [0.25, 0.3) is 0 Å². The van der Waals surface area contributed by atoms with Crippen LogP contribution in [-0.4, -0.2) is 24.2 Å². The minimum Gasteiger partial charge on any atom is -0.478 e. The van der Waals surface area contributed by atoms with E-state index in [0.29, 0.717) is 11.5 Å². The highest BCUT2D eigenvalue weighted by atomic mass is 16.4. The minimum atomic E-state index is -0.998. The first-order valence-electron chi connectivity index (χ1n) is 6.85. The number of nitrogens with zero attached hydrogens (tertiary/aromatic N) is 2. The van der Waals surface area contributed by atoms with Crippen LogP contribution in [0.3, 0.4) is 0 Å². The third-order valence-corrected chi connectivity index (χ3v) is 4.12. The predicted octanol–water partition coefficient (Wildman–Crippen LogP) is 3.13. The Kier molecular flexibility index (Phi) is 3.71. The molecule has 1 aromatic carbocycles. The molecule has 4 nitrogen and oxygen atoms in total. The van der Waals surface area contributed by atoms with Gasteiger partial charge in [-0.25, -0.2) is 4.79 Å². The topological polar surface area (TPSA) is 64.3 Å². The summed E-state index contributed by atoms with van der Waals surface area (Å²) in [5.74, 6) is -0.407. The average Bonchev–Trinajstić information content (AvgIpc) is 2.87. The van der Waals surface area contributed by atoms with Crippen molar-refractivity contribution < 1.29 is 9.90 Å². The molecule has 1 unspecified atom stereocenters. The zero-order valence-electron chi connectivity index (χ0n) is 12.2. The van der Waals surface area contributed by atoms with E-state index in [1.165, 1.54) is 6.07 Å². The number of hydrogen-bond donors (Lipinski definition) is 1. The van der Waals surface area contributed by atoms with Gasteiger partial charge in [0, 0.05) is 13.1 Å². The van der Waals surface area contributed by atoms with E-state index in [1.807, 2.05) is 0 Å². The van der Waals surface area contributed by atoms with Crippen LogP contribution < -0.4 is 4.90 Å². The van der Waals surface area contributed by atoms with Crippen molar-refractivity contribution in [1.82, 2.24) is 0 Å². The predicted molar refractivity (Wildman–Crippen MR) is 77.9 cm³/mol. The quantitative estimate of drug-likeness (QED) is 0.898. The van der Waals surface area contributed by atoms with Crippen molar-refractivity contribution >= 4 is 11.7 Å². The zero-order chi connectivity index (χ0) is 14.9. The molecule has 0 spiro atoms. The molecule has 0 aliphatic carbocycles. The van der Waals surface area contributed by atoms with Crippen LogP contribution in [0.2, 0.25) is 0 Å². The first-order valence-corrected chi connectivity index (χ1v) is 6.85. The molecule has 1 saturated heterocycles. The molecule has 0 bridgehead atoms. The summed E-state index contributed by atoms with van der Waals surface area (Å²) in [6.45, 7) is 8.55. The summed E-state index contributed by atoms with van der Waals surface area (Å²) in [4.78, 5) is 13.2. The number of carboxylic acids is 1. The lowest BCUT2D eigenvalue weighted by atomic mass is 9.80. The molecule has 20 heavy (non-hydrogen) atoms. The van der Waals surface area contributed by atoms with Crippen LogP contribution in [0.1, 0.15) is 43.1 Å². The fourth-order valence-electron chi connectivity index (χ4n) is 2.72. The van der Waals surface area contributed by atoms with Crippen LogP contribution in [0.15, 0.2) is 18.2 Å². The van der Waals surface area contributed by atoms with Crippen LogP contribution in [0.5, 0.6) is 0 Å². The smallest absolute Gasteiger partial charge is 0.335 e. The van der Waals surface area contributed by atoms with Crippen LogP contribution in [0, 0.1) is 22.7 Å². The van der Waals surface area contributed by atoms with E-state index in [0.717, 1.165) is 25.2 Å². The van der Waals surface area contributed by atoms with Crippen LogP contribution >= 0.6 is 0 Å². The molecule has 106 valence electrons. The summed E-state index contributed by atoms with van der Waals surface area (Å²) in [6, 6.07) is 6.91. The third kappa shape index (κ3) is 2.77. The van der Waals surface area contributed by atoms with Gasteiger partial charge in [0.2, 0.25) is 0 Å². The normalized spacial score (nSPS) is 18.9. The summed E-state index contributed by atoms with van der Waals surface area (Å²) in [6.07, 6.45) is 1.11. The van der Waals surface area contributed by atoms with E-state index in [-0.39, 0.29) is 11.0 Å². The molecule has 0 amide bonds. The molecule has 0 aromatic heterocycles. The summed E-state index contributed by atoms with van der Waals surface area (Å²) in [5.41, 5.74) is 1.71. The average molecular weight is 272 g/mol. The van der Waals surface area contributed by atoms with Gasteiger partial charge in [-0.2, -0.15) is 5.26 Å². The molecular formula is C16H20N2O2. The SMILES string of the molecule is CC(C)(C)C1CCN(c2ccc(C(=O)O)cc2C#N)C1. The van der Waals surface area contributed by atoms with E-state index in [1.54, 1.807) is 12.1 Å². The maximum Gasteiger partial charge on any atom is 0.335 e. The van der Waals surface area contributed by atoms with E-state index in [4.69, 9.17) is 5.11 Å². The molecule has 0 saturated carbocycles. The zero-order valence-corrected chi connectivity index (χ0v) is 12.2. The van der Waals surface area contributed by atoms with Gasteiger partial charge < -0.3 is 10.0 Å². The van der Waals surface area contributed by atoms with Gasteiger partial charge in [0.1, 0.15) is 6.07 Å². The molecule has 1 aliphatic rings. The lowest BCUT2D eigenvalue weighted by Gasteiger charge is -2.27. The number of benzene rings is 1. The van der Waals surface area contributed by atoms with Crippen molar-refractivity contribution in [3.05, 3.63) is 29.3 Å². The number of nitriles is 1. The van der Waals surface area contributed by atoms with Gasteiger partial charge in [-0.3, -0.25) is 0 Å². The summed E-state index contributed by atoms with van der Waals surface area (Å²) in [5, 5.41) is 18.2. The molecule has 1 atom stereocenters. The molecule has 1 aromatic rings. The van der Waals surface area contributed by atoms with Gasteiger partial charge in [-0.15, -0.1) is 0 Å². The number of hydrogen-bond acceptors (Lipinski definition) is 3. The molecule has 1 fully saturated rings. The summed E-state index contributed by atoms with van der Waals surface area (Å²) >= 11 is 0. The molecule has 1 aliphatic heterocycles. The van der Waals surface area contributed by atoms with Crippen molar-refractivity contribution in [2.24, 2.45) is 11.3 Å². The second-order valence-corrected chi connectivity index (χ2v) is 6.45. The van der Waals surface area contributed by atoms with Crippen molar-refractivity contribution in [1.29, 1.82) is 5.26 Å². The minimum absolute atomic E-state index is 0.164. The molecule has 2 rings (SSSR count).